The second-order valence-electron chi connectivity index (χ2n) is 11.9. The molecule has 47 heavy (non-hydrogen) atoms. The highest BCUT2D eigenvalue weighted by atomic mass is 16.5. The molecule has 3 amide bonds. The first-order valence-electron chi connectivity index (χ1n) is 16.5. The third kappa shape index (κ3) is 7.60. The Hall–Kier alpha value is -4.41. The molecule has 0 spiro atoms. The van der Waals surface area contributed by atoms with Gasteiger partial charge in [0.2, 0.25) is 5.91 Å². The fourth-order valence-electron chi connectivity index (χ4n) is 6.55. The number of fused-ring (bicyclic) bond motifs is 1. The molecular weight excluding hydrogens is 596 g/mol. The van der Waals surface area contributed by atoms with Crippen molar-refractivity contribution in [2.45, 2.75) is 45.2 Å². The molecule has 0 radical (unpaired) electrons. The Morgan fingerprint density at radius 3 is 2.32 bits per heavy atom. The molecule has 2 aliphatic heterocycles. The van der Waals surface area contributed by atoms with Crippen molar-refractivity contribution in [2.24, 2.45) is 0 Å². The Labute approximate surface area is 277 Å². The van der Waals surface area contributed by atoms with Gasteiger partial charge in [-0.3, -0.25) is 24.2 Å². The van der Waals surface area contributed by atoms with Crippen LogP contribution in [-0.2, 0) is 9.53 Å². The molecule has 2 aliphatic rings. The molecule has 5 rings (SSSR count). The lowest BCUT2D eigenvalue weighted by Crippen LogP contribution is -2.47. The van der Waals surface area contributed by atoms with E-state index < -0.39 is 6.04 Å². The third-order valence-electron chi connectivity index (χ3n) is 9.17. The Bertz CT molecular complexity index is 1540. The second-order valence-corrected chi connectivity index (χ2v) is 11.9. The van der Waals surface area contributed by atoms with E-state index in [0.717, 1.165) is 37.4 Å². The van der Waals surface area contributed by atoms with Crippen LogP contribution in [0.2, 0.25) is 0 Å². The molecule has 3 aromatic carbocycles. The van der Waals surface area contributed by atoms with Crippen LogP contribution < -0.4 is 19.7 Å². The molecule has 2 atom stereocenters. The second kappa shape index (κ2) is 15.9. The van der Waals surface area contributed by atoms with Crippen LogP contribution in [-0.4, -0.2) is 87.7 Å². The zero-order valence-corrected chi connectivity index (χ0v) is 27.9. The highest BCUT2D eigenvalue weighted by molar-refractivity contribution is 6.24. The number of piperazine rings is 1. The van der Waals surface area contributed by atoms with Crippen LogP contribution >= 0.6 is 0 Å². The number of ether oxygens (including phenoxy) is 3. The van der Waals surface area contributed by atoms with Crippen molar-refractivity contribution < 1.29 is 28.6 Å². The number of amides is 3. The van der Waals surface area contributed by atoms with Gasteiger partial charge in [0.05, 0.1) is 43.7 Å². The van der Waals surface area contributed by atoms with E-state index in [-0.39, 0.29) is 30.2 Å². The summed E-state index contributed by atoms with van der Waals surface area (Å²) in [5, 5.41) is 2.93. The zero-order chi connectivity index (χ0) is 33.3. The van der Waals surface area contributed by atoms with Crippen molar-refractivity contribution in [2.75, 3.05) is 65.1 Å². The van der Waals surface area contributed by atoms with Gasteiger partial charge in [0, 0.05) is 51.8 Å². The number of methoxy groups -OCH3 is 2. The number of nitrogens with zero attached hydrogens (tertiary/aromatic N) is 3. The number of carbonyl (C=O) groups excluding carboxylic acids is 3. The Morgan fingerprint density at radius 1 is 0.872 bits per heavy atom. The van der Waals surface area contributed by atoms with Crippen molar-refractivity contribution in [1.29, 1.82) is 0 Å². The largest absolute Gasteiger partial charge is 0.493 e. The summed E-state index contributed by atoms with van der Waals surface area (Å²) in [4.78, 5) is 46.7. The summed E-state index contributed by atoms with van der Waals surface area (Å²) in [5.41, 5.74) is 3.70. The Morgan fingerprint density at radius 2 is 1.62 bits per heavy atom. The lowest BCUT2D eigenvalue weighted by atomic mass is 9.99. The summed E-state index contributed by atoms with van der Waals surface area (Å²) in [7, 11) is 3.13. The standard InChI is InChI=1S/C37H46N4O6/c1-5-47-24-18-34(42)38-19-10-15-30(28-16-17-32(45-3)33(25-28)46-4)41-36(43)29-13-9-14-31(35(29)37(41)44)40-22-20-39(21-23-40)26(2)27-11-7-6-8-12-27/h6-9,11-14,16-17,25-26,30H,5,10,15,18-24H2,1-4H3,(H,38,42)/t26?,30-/m1/s1. The van der Waals surface area contributed by atoms with E-state index in [1.807, 2.05) is 37.3 Å². The summed E-state index contributed by atoms with van der Waals surface area (Å²) in [6.07, 6.45) is 1.30. The van der Waals surface area contributed by atoms with Gasteiger partial charge in [-0.1, -0.05) is 42.5 Å². The van der Waals surface area contributed by atoms with E-state index in [0.29, 0.717) is 55.2 Å². The molecule has 0 saturated carbocycles. The average Bonchev–Trinajstić information content (AvgIpc) is 3.37. The molecular formula is C37H46N4O6. The minimum atomic E-state index is -0.570. The number of hydrogen-bond donors (Lipinski definition) is 1. The maximum absolute atomic E-state index is 14.3. The smallest absolute Gasteiger partial charge is 0.264 e. The van der Waals surface area contributed by atoms with Gasteiger partial charge in [-0.25, -0.2) is 0 Å². The van der Waals surface area contributed by atoms with Crippen LogP contribution in [0.3, 0.4) is 0 Å². The Balaban J connectivity index is 1.35. The van der Waals surface area contributed by atoms with Gasteiger partial charge >= 0.3 is 0 Å². The summed E-state index contributed by atoms with van der Waals surface area (Å²) in [5.74, 6) is 0.357. The molecule has 0 aliphatic carbocycles. The summed E-state index contributed by atoms with van der Waals surface area (Å²) < 4.78 is 16.3. The van der Waals surface area contributed by atoms with Gasteiger partial charge in [0.15, 0.2) is 11.5 Å². The normalized spacial score (nSPS) is 16.2. The Kier molecular flexibility index (Phi) is 11.5. The van der Waals surface area contributed by atoms with Gasteiger partial charge in [-0.05, 0) is 62.1 Å². The molecule has 1 N–H and O–H groups in total. The number of imide groups is 1. The van der Waals surface area contributed by atoms with Crippen molar-refractivity contribution in [1.82, 2.24) is 15.1 Å². The van der Waals surface area contributed by atoms with E-state index in [1.54, 1.807) is 26.4 Å². The van der Waals surface area contributed by atoms with Crippen molar-refractivity contribution in [3.63, 3.8) is 0 Å². The number of rotatable bonds is 15. The lowest BCUT2D eigenvalue weighted by Gasteiger charge is -2.39. The highest BCUT2D eigenvalue weighted by Crippen LogP contribution is 2.40. The first-order valence-corrected chi connectivity index (χ1v) is 16.5. The van der Waals surface area contributed by atoms with Crippen molar-refractivity contribution >= 4 is 23.4 Å². The molecule has 0 bridgehead atoms. The highest BCUT2D eigenvalue weighted by Gasteiger charge is 2.43. The molecule has 2 heterocycles. The van der Waals surface area contributed by atoms with Gasteiger partial charge < -0.3 is 24.4 Å². The predicted octanol–water partition coefficient (Wildman–Crippen LogP) is 5.25. The van der Waals surface area contributed by atoms with Crippen molar-refractivity contribution in [3.05, 3.63) is 89.0 Å². The number of carbonyl (C=O) groups is 3. The van der Waals surface area contributed by atoms with Gasteiger partial charge in [0.1, 0.15) is 0 Å². The van der Waals surface area contributed by atoms with E-state index in [2.05, 4.69) is 46.3 Å². The summed E-state index contributed by atoms with van der Waals surface area (Å²) in [6, 6.07) is 21.2. The van der Waals surface area contributed by atoms with E-state index in [1.165, 1.54) is 10.5 Å². The first-order chi connectivity index (χ1) is 22.9. The van der Waals surface area contributed by atoms with Crippen LogP contribution in [0.15, 0.2) is 66.7 Å². The summed E-state index contributed by atoms with van der Waals surface area (Å²) >= 11 is 0. The monoisotopic (exact) mass is 642 g/mol. The third-order valence-corrected chi connectivity index (χ3v) is 9.17. The van der Waals surface area contributed by atoms with Crippen LogP contribution in [0.4, 0.5) is 5.69 Å². The number of anilines is 1. The fourth-order valence-corrected chi connectivity index (χ4v) is 6.55. The van der Waals surface area contributed by atoms with Gasteiger partial charge in [-0.2, -0.15) is 0 Å². The number of benzene rings is 3. The maximum atomic E-state index is 14.3. The van der Waals surface area contributed by atoms with E-state index in [4.69, 9.17) is 14.2 Å². The van der Waals surface area contributed by atoms with E-state index >= 15 is 0 Å². The molecule has 0 aromatic heterocycles. The quantitative estimate of drug-likeness (QED) is 0.177. The fraction of sp³-hybridized carbons (Fsp3) is 0.432. The van der Waals surface area contributed by atoms with Crippen molar-refractivity contribution in [3.8, 4) is 11.5 Å². The van der Waals surface area contributed by atoms with Crippen LogP contribution in [0.25, 0.3) is 0 Å². The molecule has 3 aromatic rings. The lowest BCUT2D eigenvalue weighted by molar-refractivity contribution is -0.122. The first kappa shape index (κ1) is 33.9. The van der Waals surface area contributed by atoms with Crippen LogP contribution in [0.1, 0.15) is 77.0 Å². The van der Waals surface area contributed by atoms with E-state index in [9.17, 15) is 14.4 Å². The van der Waals surface area contributed by atoms with Gasteiger partial charge in [0.25, 0.3) is 11.8 Å². The maximum Gasteiger partial charge on any atom is 0.264 e. The molecule has 1 fully saturated rings. The molecule has 10 nitrogen and oxygen atoms in total. The van der Waals surface area contributed by atoms with Crippen LogP contribution in [0, 0.1) is 0 Å². The zero-order valence-electron chi connectivity index (χ0n) is 27.9. The molecule has 1 unspecified atom stereocenters. The molecule has 250 valence electrons. The number of hydrogen-bond acceptors (Lipinski definition) is 8. The predicted molar refractivity (Wildman–Crippen MR) is 181 cm³/mol. The van der Waals surface area contributed by atoms with Gasteiger partial charge in [-0.15, -0.1) is 0 Å². The minimum Gasteiger partial charge on any atom is -0.493 e. The average molecular weight is 643 g/mol. The number of nitrogens with one attached hydrogen (secondary N) is 1. The SMILES string of the molecule is CCOCCC(=O)NCCC[C@H](c1ccc(OC)c(OC)c1)N1C(=O)c2cccc(N3CCN(C(C)c4ccccc4)CC3)c2C1=O. The molecule has 10 heteroatoms. The minimum absolute atomic E-state index is 0.0928. The topological polar surface area (TPSA) is 101 Å². The molecule has 1 saturated heterocycles. The summed E-state index contributed by atoms with van der Waals surface area (Å²) in [6.45, 7) is 8.64. The van der Waals surface area contributed by atoms with Crippen LogP contribution in [0.5, 0.6) is 11.5 Å².